The molecule has 1 atom stereocenters. The van der Waals surface area contributed by atoms with Crippen LogP contribution < -0.4 is 14.8 Å². The number of fused-ring (bicyclic) bond motifs is 1. The van der Waals surface area contributed by atoms with E-state index in [0.29, 0.717) is 10.9 Å². The Morgan fingerprint density at radius 3 is 2.83 bits per heavy atom. The van der Waals surface area contributed by atoms with Crippen LogP contribution in [0, 0.1) is 13.8 Å². The normalized spacial score (nSPS) is 13.3. The smallest absolute Gasteiger partial charge is 0.231 e. The van der Waals surface area contributed by atoms with E-state index >= 15 is 0 Å². The van der Waals surface area contributed by atoms with Crippen molar-refractivity contribution in [1.29, 1.82) is 0 Å². The zero-order chi connectivity index (χ0) is 20.4. The van der Waals surface area contributed by atoms with E-state index in [1.54, 1.807) is 6.33 Å². The van der Waals surface area contributed by atoms with Gasteiger partial charge in [-0.1, -0.05) is 23.9 Å². The first-order valence-corrected chi connectivity index (χ1v) is 10.3. The molecule has 0 radical (unpaired) electrons. The van der Waals surface area contributed by atoms with Crippen molar-refractivity contribution in [2.24, 2.45) is 0 Å². The van der Waals surface area contributed by atoms with Crippen LogP contribution in [0.2, 0.25) is 0 Å². The van der Waals surface area contributed by atoms with E-state index in [9.17, 15) is 4.79 Å². The van der Waals surface area contributed by atoms with Gasteiger partial charge in [0.25, 0.3) is 0 Å². The third kappa shape index (κ3) is 4.22. The molecule has 7 nitrogen and oxygen atoms in total. The molecular weight excluding hydrogens is 388 g/mol. The molecule has 1 N–H and O–H groups in total. The molecule has 1 aliphatic rings. The van der Waals surface area contributed by atoms with E-state index in [-0.39, 0.29) is 24.5 Å². The summed E-state index contributed by atoms with van der Waals surface area (Å²) in [6, 6.07) is 11.7. The van der Waals surface area contributed by atoms with Crippen LogP contribution >= 0.6 is 11.8 Å². The van der Waals surface area contributed by atoms with Gasteiger partial charge in [-0.25, -0.2) is 0 Å². The summed E-state index contributed by atoms with van der Waals surface area (Å²) in [5.74, 6) is 1.61. The Morgan fingerprint density at radius 1 is 1.17 bits per heavy atom. The zero-order valence-electron chi connectivity index (χ0n) is 16.5. The highest BCUT2D eigenvalue weighted by atomic mass is 32.2. The van der Waals surface area contributed by atoms with Crippen LogP contribution in [-0.2, 0) is 4.79 Å². The van der Waals surface area contributed by atoms with Crippen LogP contribution in [0.5, 0.6) is 11.5 Å². The van der Waals surface area contributed by atoms with Gasteiger partial charge in [0.05, 0.1) is 11.8 Å². The quantitative estimate of drug-likeness (QED) is 0.626. The fourth-order valence-corrected chi connectivity index (χ4v) is 3.79. The molecule has 2 aromatic carbocycles. The molecule has 8 heteroatoms. The molecule has 0 bridgehead atoms. The molecule has 2 heterocycles. The lowest BCUT2D eigenvalue weighted by Crippen LogP contribution is -2.28. The molecule has 150 valence electrons. The minimum absolute atomic E-state index is 0.0743. The monoisotopic (exact) mass is 410 g/mol. The number of carbonyl (C=O) groups is 1. The van der Waals surface area contributed by atoms with Gasteiger partial charge in [0, 0.05) is 5.69 Å². The number of ether oxygens (including phenoxy) is 2. The van der Waals surface area contributed by atoms with E-state index in [1.165, 1.54) is 22.9 Å². The summed E-state index contributed by atoms with van der Waals surface area (Å²) in [4.78, 5) is 12.5. The number of amides is 1. The predicted molar refractivity (Wildman–Crippen MR) is 111 cm³/mol. The van der Waals surface area contributed by atoms with E-state index in [0.717, 1.165) is 17.0 Å². The number of benzene rings is 2. The third-order valence-electron chi connectivity index (χ3n) is 4.89. The van der Waals surface area contributed by atoms with Crippen molar-refractivity contribution >= 4 is 17.7 Å². The third-order valence-corrected chi connectivity index (χ3v) is 5.83. The molecule has 0 aliphatic carbocycles. The summed E-state index contributed by atoms with van der Waals surface area (Å²) in [7, 11) is 0. The predicted octanol–water partition coefficient (Wildman–Crippen LogP) is 3.58. The summed E-state index contributed by atoms with van der Waals surface area (Å²) in [5, 5.41) is 11.9. The van der Waals surface area contributed by atoms with Gasteiger partial charge in [-0.15, -0.1) is 10.2 Å². The Hall–Kier alpha value is -3.00. The summed E-state index contributed by atoms with van der Waals surface area (Å²) in [6.07, 6.45) is 1.67. The summed E-state index contributed by atoms with van der Waals surface area (Å²) in [6.45, 7) is 6.32. The maximum absolute atomic E-state index is 12.5. The Bertz CT molecular complexity index is 1050. The average molecular weight is 410 g/mol. The fourth-order valence-electron chi connectivity index (χ4n) is 3.05. The standard InChI is InChI=1S/C21H22N4O3S/c1-13-4-6-17(8-14(13)2)25-11-22-24-21(25)29-10-20(26)23-15(3)16-5-7-18-19(9-16)28-12-27-18/h4-9,11,15H,10,12H2,1-3H3,(H,23,26). The number of nitrogens with zero attached hydrogens (tertiary/aromatic N) is 3. The molecule has 1 unspecified atom stereocenters. The Kier molecular flexibility index (Phi) is 5.44. The number of hydrogen-bond donors (Lipinski definition) is 1. The average Bonchev–Trinajstić information content (AvgIpc) is 3.37. The second-order valence-corrected chi connectivity index (χ2v) is 7.89. The summed E-state index contributed by atoms with van der Waals surface area (Å²) in [5.41, 5.74) is 4.37. The van der Waals surface area contributed by atoms with Gasteiger partial charge in [0.15, 0.2) is 16.7 Å². The molecule has 29 heavy (non-hydrogen) atoms. The fraction of sp³-hybridized carbons (Fsp3) is 0.286. The largest absolute Gasteiger partial charge is 0.454 e. The van der Waals surface area contributed by atoms with Crippen LogP contribution in [0.4, 0.5) is 0 Å². The van der Waals surface area contributed by atoms with Crippen molar-refractivity contribution in [2.75, 3.05) is 12.5 Å². The first kappa shape index (κ1) is 19.3. The SMILES string of the molecule is Cc1ccc(-n2cnnc2SCC(=O)NC(C)c2ccc3c(c2)OCO3)cc1C. The minimum atomic E-state index is -0.143. The van der Waals surface area contributed by atoms with Gasteiger partial charge >= 0.3 is 0 Å². The number of thioether (sulfide) groups is 1. The van der Waals surface area contributed by atoms with Crippen molar-refractivity contribution in [3.8, 4) is 17.2 Å². The molecule has 0 fully saturated rings. The number of nitrogens with one attached hydrogen (secondary N) is 1. The number of aromatic nitrogens is 3. The van der Waals surface area contributed by atoms with Crippen molar-refractivity contribution in [2.45, 2.75) is 32.0 Å². The molecule has 1 aliphatic heterocycles. The highest BCUT2D eigenvalue weighted by Gasteiger charge is 2.17. The van der Waals surface area contributed by atoms with E-state index in [1.807, 2.05) is 35.8 Å². The first-order chi connectivity index (χ1) is 14.0. The van der Waals surface area contributed by atoms with Gasteiger partial charge in [-0.2, -0.15) is 0 Å². The number of rotatable bonds is 6. The highest BCUT2D eigenvalue weighted by Crippen LogP contribution is 2.34. The van der Waals surface area contributed by atoms with Crippen LogP contribution in [0.1, 0.15) is 29.7 Å². The van der Waals surface area contributed by atoms with E-state index in [4.69, 9.17) is 9.47 Å². The lowest BCUT2D eigenvalue weighted by molar-refractivity contribution is -0.119. The Morgan fingerprint density at radius 2 is 2.00 bits per heavy atom. The molecule has 0 saturated heterocycles. The van der Waals surface area contributed by atoms with Gasteiger partial charge in [-0.05, 0) is 61.7 Å². The van der Waals surface area contributed by atoms with Crippen LogP contribution in [0.3, 0.4) is 0 Å². The summed E-state index contributed by atoms with van der Waals surface area (Å²) >= 11 is 1.36. The topological polar surface area (TPSA) is 78.3 Å². The molecular formula is C21H22N4O3S. The lowest BCUT2D eigenvalue weighted by atomic mass is 10.1. The summed E-state index contributed by atoms with van der Waals surface area (Å²) < 4.78 is 12.6. The van der Waals surface area contributed by atoms with E-state index < -0.39 is 0 Å². The Labute approximate surface area is 173 Å². The number of aryl methyl sites for hydroxylation is 2. The van der Waals surface area contributed by atoms with Gasteiger partial charge in [-0.3, -0.25) is 9.36 Å². The first-order valence-electron chi connectivity index (χ1n) is 9.30. The van der Waals surface area contributed by atoms with Crippen LogP contribution in [0.25, 0.3) is 5.69 Å². The van der Waals surface area contributed by atoms with Crippen molar-refractivity contribution in [3.05, 3.63) is 59.4 Å². The van der Waals surface area contributed by atoms with Crippen LogP contribution in [-0.4, -0.2) is 33.2 Å². The number of carbonyl (C=O) groups excluding carboxylic acids is 1. The van der Waals surface area contributed by atoms with Crippen molar-refractivity contribution in [1.82, 2.24) is 20.1 Å². The molecule has 3 aromatic rings. The molecule has 0 spiro atoms. The van der Waals surface area contributed by atoms with Gasteiger partial charge in [0.2, 0.25) is 12.7 Å². The van der Waals surface area contributed by atoms with Crippen molar-refractivity contribution in [3.63, 3.8) is 0 Å². The Balaban J connectivity index is 1.38. The van der Waals surface area contributed by atoms with Crippen LogP contribution in [0.15, 0.2) is 47.9 Å². The van der Waals surface area contributed by atoms with E-state index in [2.05, 4.69) is 41.5 Å². The second-order valence-electron chi connectivity index (χ2n) is 6.94. The maximum atomic E-state index is 12.5. The van der Waals surface area contributed by atoms with Gasteiger partial charge in [0.1, 0.15) is 6.33 Å². The molecule has 4 rings (SSSR count). The highest BCUT2D eigenvalue weighted by molar-refractivity contribution is 7.99. The molecule has 0 saturated carbocycles. The van der Waals surface area contributed by atoms with Crippen molar-refractivity contribution < 1.29 is 14.3 Å². The lowest BCUT2D eigenvalue weighted by Gasteiger charge is -2.15. The number of hydrogen-bond acceptors (Lipinski definition) is 6. The minimum Gasteiger partial charge on any atom is -0.454 e. The molecule has 1 aromatic heterocycles. The molecule has 1 amide bonds. The van der Waals surface area contributed by atoms with Gasteiger partial charge < -0.3 is 14.8 Å². The maximum Gasteiger partial charge on any atom is 0.231 e. The zero-order valence-corrected chi connectivity index (χ0v) is 17.3. The second kappa shape index (κ2) is 8.16.